The maximum Gasteiger partial charge on any atom is 0.258 e. The molecule has 3 rings (SSSR count). The number of hydrogen-bond acceptors (Lipinski definition) is 3. The van der Waals surface area contributed by atoms with Gasteiger partial charge in [0.05, 0.1) is 25.9 Å². The van der Waals surface area contributed by atoms with E-state index in [2.05, 4.69) is 31.3 Å². The van der Waals surface area contributed by atoms with Crippen LogP contribution in [0.2, 0.25) is 0 Å². The number of aryl methyl sites for hydroxylation is 1. The number of hydrogen-bond donors (Lipinski definition) is 2. The standard InChI is InChI=1S/C22H30N2O3/c1-16(2)18-9-8-17(3)13-21(18)27-15-22(25)23-14-19(20-7-6-12-26-20)24-10-4-5-11-24/h6-9,12-13,16,19H,4-5,10-11,14-15H2,1-3H3,(H,23,25)/p+1/t19-/m1/s1. The second kappa shape index (κ2) is 9.09. The smallest absolute Gasteiger partial charge is 0.258 e. The van der Waals surface area contributed by atoms with Crippen LogP contribution in [-0.4, -0.2) is 32.1 Å². The lowest BCUT2D eigenvalue weighted by molar-refractivity contribution is -0.919. The fourth-order valence-electron chi connectivity index (χ4n) is 3.77. The maximum atomic E-state index is 12.4. The first-order valence-electron chi connectivity index (χ1n) is 9.92. The van der Waals surface area contributed by atoms with Crippen LogP contribution >= 0.6 is 0 Å². The summed E-state index contributed by atoms with van der Waals surface area (Å²) in [5.74, 6) is 1.99. The number of quaternary nitrogens is 1. The Morgan fingerprint density at radius 3 is 2.70 bits per heavy atom. The van der Waals surface area contributed by atoms with Crippen LogP contribution in [0.3, 0.4) is 0 Å². The summed E-state index contributed by atoms with van der Waals surface area (Å²) >= 11 is 0. The number of rotatable bonds is 8. The van der Waals surface area contributed by atoms with E-state index < -0.39 is 0 Å². The molecule has 0 spiro atoms. The van der Waals surface area contributed by atoms with Crippen molar-refractivity contribution in [2.45, 2.75) is 45.6 Å². The van der Waals surface area contributed by atoms with Gasteiger partial charge in [0.15, 0.2) is 18.4 Å². The van der Waals surface area contributed by atoms with E-state index >= 15 is 0 Å². The maximum absolute atomic E-state index is 12.4. The van der Waals surface area contributed by atoms with Gasteiger partial charge in [-0.1, -0.05) is 26.0 Å². The van der Waals surface area contributed by atoms with Crippen LogP contribution in [0.4, 0.5) is 0 Å². The summed E-state index contributed by atoms with van der Waals surface area (Å²) in [5, 5.41) is 3.04. The number of benzene rings is 1. The molecule has 1 fully saturated rings. The minimum atomic E-state index is -0.0960. The van der Waals surface area contributed by atoms with E-state index in [0.29, 0.717) is 12.5 Å². The molecular formula is C22H31N2O3+. The molecule has 1 saturated heterocycles. The van der Waals surface area contributed by atoms with E-state index in [9.17, 15) is 4.79 Å². The lowest BCUT2D eigenvalue weighted by Crippen LogP contribution is -3.11. The van der Waals surface area contributed by atoms with Gasteiger partial charge in [-0.05, 0) is 42.2 Å². The summed E-state index contributed by atoms with van der Waals surface area (Å²) in [5.41, 5.74) is 2.26. The summed E-state index contributed by atoms with van der Waals surface area (Å²) in [7, 11) is 0. The SMILES string of the molecule is Cc1ccc(C(C)C)c(OCC(=O)NC[C@H](c2ccco2)[NH+]2CCCC2)c1. The van der Waals surface area contributed by atoms with Crippen molar-refractivity contribution >= 4 is 5.91 Å². The molecule has 2 aromatic rings. The monoisotopic (exact) mass is 371 g/mol. The normalized spacial score (nSPS) is 15.9. The summed E-state index contributed by atoms with van der Waals surface area (Å²) < 4.78 is 11.5. The molecule has 1 aliphatic rings. The summed E-state index contributed by atoms with van der Waals surface area (Å²) in [4.78, 5) is 13.9. The number of carbonyl (C=O) groups excluding carboxylic acids is 1. The molecule has 5 heteroatoms. The minimum absolute atomic E-state index is 0.0311. The Bertz CT molecular complexity index is 734. The molecule has 1 aliphatic heterocycles. The van der Waals surface area contributed by atoms with Gasteiger partial charge in [-0.3, -0.25) is 4.79 Å². The second-order valence-electron chi connectivity index (χ2n) is 7.72. The van der Waals surface area contributed by atoms with Crippen LogP contribution in [0.5, 0.6) is 5.75 Å². The second-order valence-corrected chi connectivity index (χ2v) is 7.72. The van der Waals surface area contributed by atoms with E-state index in [1.807, 2.05) is 25.1 Å². The first kappa shape index (κ1) is 19.5. The Kier molecular flexibility index (Phi) is 6.56. The fourth-order valence-corrected chi connectivity index (χ4v) is 3.77. The zero-order chi connectivity index (χ0) is 19.2. The van der Waals surface area contributed by atoms with Gasteiger partial charge in [0.1, 0.15) is 5.75 Å². The Morgan fingerprint density at radius 1 is 1.26 bits per heavy atom. The topological polar surface area (TPSA) is 55.9 Å². The van der Waals surface area contributed by atoms with E-state index in [1.165, 1.54) is 17.7 Å². The van der Waals surface area contributed by atoms with Gasteiger partial charge < -0.3 is 19.4 Å². The molecule has 146 valence electrons. The highest BCUT2D eigenvalue weighted by molar-refractivity contribution is 5.77. The Hall–Kier alpha value is -2.27. The fraction of sp³-hybridized carbons (Fsp3) is 0.500. The van der Waals surface area contributed by atoms with Gasteiger partial charge in [-0.15, -0.1) is 0 Å². The number of carbonyl (C=O) groups is 1. The number of ether oxygens (including phenoxy) is 1. The predicted molar refractivity (Wildman–Crippen MR) is 105 cm³/mol. The van der Waals surface area contributed by atoms with Crippen molar-refractivity contribution in [2.75, 3.05) is 26.2 Å². The molecule has 0 bridgehead atoms. The van der Waals surface area contributed by atoms with Crippen LogP contribution in [0.15, 0.2) is 41.0 Å². The van der Waals surface area contributed by atoms with E-state index in [1.54, 1.807) is 6.26 Å². The first-order chi connectivity index (χ1) is 13.0. The third-order valence-electron chi connectivity index (χ3n) is 5.28. The van der Waals surface area contributed by atoms with Crippen LogP contribution in [0.1, 0.15) is 55.5 Å². The first-order valence-corrected chi connectivity index (χ1v) is 9.92. The van der Waals surface area contributed by atoms with Crippen molar-refractivity contribution in [3.63, 3.8) is 0 Å². The molecule has 1 atom stereocenters. The van der Waals surface area contributed by atoms with Gasteiger partial charge in [-0.25, -0.2) is 0 Å². The predicted octanol–water partition coefficient (Wildman–Crippen LogP) is 2.63. The average molecular weight is 372 g/mol. The minimum Gasteiger partial charge on any atom is -0.483 e. The molecule has 2 heterocycles. The van der Waals surface area contributed by atoms with Crippen molar-refractivity contribution in [3.05, 3.63) is 53.5 Å². The molecular weight excluding hydrogens is 340 g/mol. The number of likely N-dealkylation sites (tertiary alicyclic amines) is 1. The zero-order valence-corrected chi connectivity index (χ0v) is 16.6. The van der Waals surface area contributed by atoms with Crippen LogP contribution in [0.25, 0.3) is 0 Å². The van der Waals surface area contributed by atoms with E-state index in [4.69, 9.17) is 9.15 Å². The van der Waals surface area contributed by atoms with Gasteiger partial charge >= 0.3 is 0 Å². The molecule has 0 saturated carbocycles. The Balaban J connectivity index is 1.57. The summed E-state index contributed by atoms with van der Waals surface area (Å²) in [6, 6.07) is 10.2. The number of furan rings is 1. The van der Waals surface area contributed by atoms with E-state index in [0.717, 1.165) is 35.7 Å². The number of amides is 1. The van der Waals surface area contributed by atoms with Gasteiger partial charge in [0.2, 0.25) is 0 Å². The van der Waals surface area contributed by atoms with Gasteiger partial charge in [-0.2, -0.15) is 0 Å². The largest absolute Gasteiger partial charge is 0.483 e. The molecule has 2 N–H and O–H groups in total. The quantitative estimate of drug-likeness (QED) is 0.750. The highest BCUT2D eigenvalue weighted by atomic mass is 16.5. The van der Waals surface area contributed by atoms with E-state index in [-0.39, 0.29) is 18.6 Å². The van der Waals surface area contributed by atoms with Gasteiger partial charge in [0, 0.05) is 12.8 Å². The Morgan fingerprint density at radius 2 is 2.04 bits per heavy atom. The summed E-state index contributed by atoms with van der Waals surface area (Å²) in [6.45, 7) is 9.13. The Labute approximate surface area is 161 Å². The molecule has 0 aliphatic carbocycles. The molecule has 0 radical (unpaired) electrons. The molecule has 0 unspecified atom stereocenters. The van der Waals surface area contributed by atoms with Crippen LogP contribution in [-0.2, 0) is 4.79 Å². The molecule has 1 aromatic carbocycles. The van der Waals surface area contributed by atoms with Gasteiger partial charge in [0.25, 0.3) is 5.91 Å². The molecule has 1 amide bonds. The average Bonchev–Trinajstić information content (AvgIpc) is 3.34. The lowest BCUT2D eigenvalue weighted by atomic mass is 10.0. The van der Waals surface area contributed by atoms with Crippen LogP contribution < -0.4 is 15.0 Å². The van der Waals surface area contributed by atoms with Crippen molar-refractivity contribution in [3.8, 4) is 5.75 Å². The zero-order valence-electron chi connectivity index (χ0n) is 16.6. The molecule has 5 nitrogen and oxygen atoms in total. The third kappa shape index (κ3) is 5.13. The summed E-state index contributed by atoms with van der Waals surface area (Å²) in [6.07, 6.45) is 4.16. The van der Waals surface area contributed by atoms with Crippen molar-refractivity contribution in [2.24, 2.45) is 0 Å². The van der Waals surface area contributed by atoms with Crippen molar-refractivity contribution in [1.82, 2.24) is 5.32 Å². The van der Waals surface area contributed by atoms with Crippen molar-refractivity contribution in [1.29, 1.82) is 0 Å². The lowest BCUT2D eigenvalue weighted by Gasteiger charge is -2.23. The molecule has 27 heavy (non-hydrogen) atoms. The van der Waals surface area contributed by atoms with Crippen molar-refractivity contribution < 1.29 is 18.8 Å². The van der Waals surface area contributed by atoms with Crippen LogP contribution in [0, 0.1) is 6.92 Å². The highest BCUT2D eigenvalue weighted by Crippen LogP contribution is 2.27. The highest BCUT2D eigenvalue weighted by Gasteiger charge is 2.29. The number of nitrogens with one attached hydrogen (secondary N) is 2. The molecule has 1 aromatic heterocycles. The third-order valence-corrected chi connectivity index (χ3v) is 5.28.